The van der Waals surface area contributed by atoms with Crippen LogP contribution in [-0.2, 0) is 6.42 Å². The van der Waals surface area contributed by atoms with Crippen LogP contribution in [0.25, 0.3) is 0 Å². The summed E-state index contributed by atoms with van der Waals surface area (Å²) in [6.45, 7) is 5.61. The molecule has 0 amide bonds. The molecule has 96 valence electrons. The third-order valence-electron chi connectivity index (χ3n) is 2.96. The number of hydrogen-bond acceptors (Lipinski definition) is 2. The summed E-state index contributed by atoms with van der Waals surface area (Å²) in [5.74, 6) is 0. The summed E-state index contributed by atoms with van der Waals surface area (Å²) in [4.78, 5) is 4.19. The molecule has 1 aromatic heterocycles. The monoisotopic (exact) mass is 298 g/mol. The molecule has 1 N–H and O–H groups in total. The first kappa shape index (κ1) is 14.7. The van der Waals surface area contributed by atoms with Crippen molar-refractivity contribution >= 4 is 15.9 Å². The summed E-state index contributed by atoms with van der Waals surface area (Å²) >= 11 is 3.46. The van der Waals surface area contributed by atoms with Gasteiger partial charge in [-0.1, -0.05) is 13.8 Å². The van der Waals surface area contributed by atoms with Gasteiger partial charge in [0, 0.05) is 22.9 Å². The molecule has 0 aliphatic heterocycles. The van der Waals surface area contributed by atoms with E-state index in [1.165, 1.54) is 31.2 Å². The van der Waals surface area contributed by atoms with Gasteiger partial charge in [0.2, 0.25) is 0 Å². The van der Waals surface area contributed by atoms with E-state index in [-0.39, 0.29) is 0 Å². The zero-order valence-corrected chi connectivity index (χ0v) is 12.5. The van der Waals surface area contributed by atoms with Gasteiger partial charge in [-0.05, 0) is 66.2 Å². The number of halogens is 1. The highest BCUT2D eigenvalue weighted by Crippen LogP contribution is 2.13. The van der Waals surface area contributed by atoms with Gasteiger partial charge in [0.05, 0.1) is 0 Å². The van der Waals surface area contributed by atoms with E-state index in [4.69, 9.17) is 0 Å². The van der Waals surface area contributed by atoms with E-state index < -0.39 is 0 Å². The van der Waals surface area contributed by atoms with E-state index in [9.17, 15) is 0 Å². The van der Waals surface area contributed by atoms with Crippen LogP contribution < -0.4 is 5.32 Å². The smallest absolute Gasteiger partial charge is 0.0410 e. The van der Waals surface area contributed by atoms with Crippen LogP contribution in [0.3, 0.4) is 0 Å². The maximum Gasteiger partial charge on any atom is 0.0410 e. The van der Waals surface area contributed by atoms with Gasteiger partial charge >= 0.3 is 0 Å². The predicted molar refractivity (Wildman–Crippen MR) is 77.2 cm³/mol. The Labute approximate surface area is 113 Å². The van der Waals surface area contributed by atoms with Gasteiger partial charge in [0.15, 0.2) is 0 Å². The lowest BCUT2D eigenvalue weighted by Gasteiger charge is -2.16. The van der Waals surface area contributed by atoms with Gasteiger partial charge in [0.1, 0.15) is 0 Å². The molecule has 1 unspecified atom stereocenters. The first-order valence-electron chi connectivity index (χ1n) is 6.59. The number of pyridine rings is 1. The number of rotatable bonds is 8. The second kappa shape index (κ2) is 8.65. The average molecular weight is 299 g/mol. The Bertz CT molecular complexity index is 315. The molecule has 0 aromatic carbocycles. The Hall–Kier alpha value is -0.410. The number of aromatic nitrogens is 1. The average Bonchev–Trinajstić information content (AvgIpc) is 2.33. The lowest BCUT2D eigenvalue weighted by Crippen LogP contribution is -2.29. The SMILES string of the molecule is CCCNC(CC)CCCc1cncc(Br)c1. The number of hydrogen-bond donors (Lipinski definition) is 1. The number of nitrogens with one attached hydrogen (secondary N) is 1. The molecule has 2 nitrogen and oxygen atoms in total. The third-order valence-corrected chi connectivity index (χ3v) is 3.39. The zero-order valence-electron chi connectivity index (χ0n) is 10.9. The lowest BCUT2D eigenvalue weighted by atomic mass is 10.0. The van der Waals surface area contributed by atoms with Crippen LogP contribution in [0, 0.1) is 0 Å². The van der Waals surface area contributed by atoms with Crippen molar-refractivity contribution in [2.24, 2.45) is 0 Å². The van der Waals surface area contributed by atoms with Crippen molar-refractivity contribution in [3.8, 4) is 0 Å². The second-order valence-corrected chi connectivity index (χ2v) is 5.38. The van der Waals surface area contributed by atoms with Crippen LogP contribution in [0.5, 0.6) is 0 Å². The molecule has 0 radical (unpaired) electrons. The first-order chi connectivity index (χ1) is 8.26. The van der Waals surface area contributed by atoms with Crippen LogP contribution in [0.4, 0.5) is 0 Å². The van der Waals surface area contributed by atoms with E-state index in [0.717, 1.165) is 17.4 Å². The molecule has 3 heteroatoms. The van der Waals surface area contributed by atoms with E-state index in [2.05, 4.69) is 46.1 Å². The third kappa shape index (κ3) is 6.18. The summed E-state index contributed by atoms with van der Waals surface area (Å²) in [7, 11) is 0. The molecule has 1 heterocycles. The van der Waals surface area contributed by atoms with Gasteiger partial charge in [-0.2, -0.15) is 0 Å². The molecule has 1 atom stereocenters. The summed E-state index contributed by atoms with van der Waals surface area (Å²) in [6.07, 6.45) is 9.84. The summed E-state index contributed by atoms with van der Waals surface area (Å²) in [6, 6.07) is 2.84. The fraction of sp³-hybridized carbons (Fsp3) is 0.643. The van der Waals surface area contributed by atoms with Crippen LogP contribution >= 0.6 is 15.9 Å². The highest BCUT2D eigenvalue weighted by atomic mass is 79.9. The summed E-state index contributed by atoms with van der Waals surface area (Å²) in [5, 5.41) is 3.59. The largest absolute Gasteiger partial charge is 0.314 e. The Morgan fingerprint density at radius 3 is 2.82 bits per heavy atom. The molecule has 17 heavy (non-hydrogen) atoms. The van der Waals surface area contributed by atoms with Gasteiger partial charge in [-0.25, -0.2) is 0 Å². The molecule has 0 aliphatic rings. The number of aryl methyl sites for hydroxylation is 1. The van der Waals surface area contributed by atoms with Crippen molar-refractivity contribution in [3.63, 3.8) is 0 Å². The Balaban J connectivity index is 2.26. The molecule has 0 saturated carbocycles. The van der Waals surface area contributed by atoms with E-state index >= 15 is 0 Å². The topological polar surface area (TPSA) is 24.9 Å². The van der Waals surface area contributed by atoms with Crippen LogP contribution in [0.2, 0.25) is 0 Å². The van der Waals surface area contributed by atoms with Crippen LogP contribution in [-0.4, -0.2) is 17.6 Å². The standard InChI is InChI=1S/C14H23BrN2/c1-3-8-17-14(4-2)7-5-6-12-9-13(15)11-16-10-12/h9-11,14,17H,3-8H2,1-2H3. The van der Waals surface area contributed by atoms with Crippen molar-refractivity contribution in [3.05, 3.63) is 28.5 Å². The number of nitrogens with zero attached hydrogens (tertiary/aromatic N) is 1. The van der Waals surface area contributed by atoms with Crippen molar-refractivity contribution < 1.29 is 0 Å². The molecule has 0 fully saturated rings. The Morgan fingerprint density at radius 2 is 2.18 bits per heavy atom. The van der Waals surface area contributed by atoms with Crippen LogP contribution in [0.15, 0.2) is 22.9 Å². The molecule has 0 saturated heterocycles. The first-order valence-corrected chi connectivity index (χ1v) is 7.38. The van der Waals surface area contributed by atoms with Crippen molar-refractivity contribution in [1.82, 2.24) is 10.3 Å². The molecule has 0 spiro atoms. The maximum absolute atomic E-state index is 4.19. The van der Waals surface area contributed by atoms with Gasteiger partial charge in [0.25, 0.3) is 0 Å². The molecule has 1 rings (SSSR count). The van der Waals surface area contributed by atoms with Gasteiger partial charge in [-0.3, -0.25) is 4.98 Å². The second-order valence-electron chi connectivity index (χ2n) is 4.46. The normalized spacial score (nSPS) is 12.6. The Morgan fingerprint density at radius 1 is 1.35 bits per heavy atom. The molecule has 1 aromatic rings. The molecule has 0 aliphatic carbocycles. The lowest BCUT2D eigenvalue weighted by molar-refractivity contribution is 0.456. The summed E-state index contributed by atoms with van der Waals surface area (Å²) < 4.78 is 1.08. The minimum absolute atomic E-state index is 0.676. The maximum atomic E-state index is 4.19. The fourth-order valence-electron chi connectivity index (χ4n) is 1.94. The zero-order chi connectivity index (χ0) is 12.5. The highest BCUT2D eigenvalue weighted by Gasteiger charge is 2.04. The van der Waals surface area contributed by atoms with E-state index in [0.29, 0.717) is 6.04 Å². The summed E-state index contributed by atoms with van der Waals surface area (Å²) in [5.41, 5.74) is 1.32. The minimum Gasteiger partial charge on any atom is -0.314 e. The van der Waals surface area contributed by atoms with Crippen LogP contribution in [0.1, 0.15) is 45.1 Å². The quantitative estimate of drug-likeness (QED) is 0.786. The van der Waals surface area contributed by atoms with Crippen molar-refractivity contribution in [1.29, 1.82) is 0 Å². The Kier molecular flexibility index (Phi) is 7.45. The molecular weight excluding hydrogens is 276 g/mol. The fourth-order valence-corrected chi connectivity index (χ4v) is 2.36. The van der Waals surface area contributed by atoms with E-state index in [1.54, 1.807) is 0 Å². The molecular formula is C14H23BrN2. The van der Waals surface area contributed by atoms with Gasteiger partial charge in [-0.15, -0.1) is 0 Å². The van der Waals surface area contributed by atoms with Crippen molar-refractivity contribution in [2.75, 3.05) is 6.54 Å². The predicted octanol–water partition coefficient (Wildman–Crippen LogP) is 3.95. The van der Waals surface area contributed by atoms with E-state index in [1.807, 2.05) is 12.4 Å². The van der Waals surface area contributed by atoms with Crippen molar-refractivity contribution in [2.45, 2.75) is 52.0 Å². The minimum atomic E-state index is 0.676. The molecule has 0 bridgehead atoms. The highest BCUT2D eigenvalue weighted by molar-refractivity contribution is 9.10. The van der Waals surface area contributed by atoms with Gasteiger partial charge < -0.3 is 5.32 Å².